The number of carboxylic acid groups (broad SMARTS) is 1. The number of para-hydroxylation sites is 2. The minimum atomic E-state index is -1.09. The third-order valence-electron chi connectivity index (χ3n) is 5.65. The first kappa shape index (κ1) is 24.4. The van der Waals surface area contributed by atoms with E-state index in [-0.39, 0.29) is 24.0 Å². The first-order valence-corrected chi connectivity index (χ1v) is 11.5. The molecule has 184 valence electrons. The Bertz CT molecular complexity index is 1140. The number of fused-ring (bicyclic) bond motifs is 1. The third-order valence-corrected chi connectivity index (χ3v) is 5.65. The number of methoxy groups -OCH3 is 1. The van der Waals surface area contributed by atoms with E-state index in [0.717, 1.165) is 29.9 Å². The van der Waals surface area contributed by atoms with Crippen LogP contribution in [0, 0.1) is 0 Å². The van der Waals surface area contributed by atoms with Crippen molar-refractivity contribution in [1.82, 2.24) is 5.32 Å². The van der Waals surface area contributed by atoms with Crippen molar-refractivity contribution in [2.45, 2.75) is 25.0 Å². The lowest BCUT2D eigenvalue weighted by molar-refractivity contribution is 0.0693. The highest BCUT2D eigenvalue weighted by Gasteiger charge is 2.22. The van der Waals surface area contributed by atoms with Crippen molar-refractivity contribution < 1.29 is 34.0 Å². The Morgan fingerprint density at radius 1 is 1.11 bits per heavy atom. The van der Waals surface area contributed by atoms with Gasteiger partial charge >= 0.3 is 5.97 Å². The number of nitrogens with one attached hydrogen (secondary N) is 1. The first-order chi connectivity index (χ1) is 17.0. The molecule has 0 bridgehead atoms. The van der Waals surface area contributed by atoms with Crippen LogP contribution in [0.3, 0.4) is 0 Å². The van der Waals surface area contributed by atoms with Gasteiger partial charge in [-0.1, -0.05) is 24.3 Å². The summed E-state index contributed by atoms with van der Waals surface area (Å²) in [5.41, 5.74) is 1.02. The zero-order valence-electron chi connectivity index (χ0n) is 19.5. The number of carboxylic acids is 1. The van der Waals surface area contributed by atoms with Gasteiger partial charge in [0.1, 0.15) is 41.6 Å². The van der Waals surface area contributed by atoms with Crippen LogP contribution in [-0.4, -0.2) is 55.2 Å². The third kappa shape index (κ3) is 6.44. The zero-order chi connectivity index (χ0) is 24.6. The number of aliphatic hydroxyl groups excluding tert-OH is 1. The van der Waals surface area contributed by atoms with Gasteiger partial charge in [-0.05, 0) is 60.9 Å². The highest BCUT2D eigenvalue weighted by atomic mass is 16.5. The molecule has 8 heteroatoms. The lowest BCUT2D eigenvalue weighted by atomic mass is 10.0. The molecule has 8 nitrogen and oxygen atoms in total. The molecule has 0 fully saturated rings. The van der Waals surface area contributed by atoms with E-state index < -0.39 is 12.1 Å². The number of hydrogen-bond donors (Lipinski definition) is 3. The molecule has 1 heterocycles. The maximum atomic E-state index is 11.6. The van der Waals surface area contributed by atoms with Crippen LogP contribution in [0.25, 0.3) is 0 Å². The van der Waals surface area contributed by atoms with Crippen LogP contribution < -0.4 is 24.3 Å². The van der Waals surface area contributed by atoms with E-state index in [0.29, 0.717) is 24.6 Å². The van der Waals surface area contributed by atoms with Crippen LogP contribution in [0.4, 0.5) is 0 Å². The minimum absolute atomic E-state index is 0.0238. The molecular formula is C27H29NO7. The van der Waals surface area contributed by atoms with E-state index in [9.17, 15) is 15.0 Å². The fourth-order valence-electron chi connectivity index (χ4n) is 3.88. The zero-order valence-corrected chi connectivity index (χ0v) is 19.5. The molecule has 0 saturated heterocycles. The highest BCUT2D eigenvalue weighted by molar-refractivity contribution is 5.92. The Hall–Kier alpha value is -3.75. The van der Waals surface area contributed by atoms with Crippen molar-refractivity contribution in [3.63, 3.8) is 0 Å². The van der Waals surface area contributed by atoms with Crippen LogP contribution in [0.15, 0.2) is 66.7 Å². The molecule has 1 aliphatic rings. The van der Waals surface area contributed by atoms with Crippen LogP contribution in [0.1, 0.15) is 22.3 Å². The molecule has 1 aliphatic heterocycles. The van der Waals surface area contributed by atoms with E-state index in [2.05, 4.69) is 5.32 Å². The lowest BCUT2D eigenvalue weighted by Gasteiger charge is -2.27. The Morgan fingerprint density at radius 3 is 2.71 bits per heavy atom. The van der Waals surface area contributed by atoms with Gasteiger partial charge < -0.3 is 34.5 Å². The van der Waals surface area contributed by atoms with E-state index in [1.54, 1.807) is 18.2 Å². The second kappa shape index (κ2) is 11.6. The predicted molar refractivity (Wildman–Crippen MR) is 130 cm³/mol. The number of aliphatic hydroxyl groups is 1. The topological polar surface area (TPSA) is 106 Å². The number of ether oxygens (including phenoxy) is 4. The van der Waals surface area contributed by atoms with Gasteiger partial charge in [0.05, 0.1) is 7.11 Å². The molecule has 0 aromatic heterocycles. The second-order valence-corrected chi connectivity index (χ2v) is 8.23. The van der Waals surface area contributed by atoms with Gasteiger partial charge in [-0.25, -0.2) is 4.79 Å². The fraction of sp³-hybridized carbons (Fsp3) is 0.296. The Labute approximate surface area is 204 Å². The van der Waals surface area contributed by atoms with E-state index in [1.807, 2.05) is 42.5 Å². The van der Waals surface area contributed by atoms with Gasteiger partial charge in [0.15, 0.2) is 11.5 Å². The highest BCUT2D eigenvalue weighted by Crippen LogP contribution is 2.37. The molecule has 3 aromatic rings. The molecule has 0 spiro atoms. The molecule has 0 amide bonds. The largest absolute Gasteiger partial charge is 0.493 e. The number of hydrogen-bond acceptors (Lipinski definition) is 7. The van der Waals surface area contributed by atoms with Gasteiger partial charge in [-0.3, -0.25) is 0 Å². The molecule has 0 saturated carbocycles. The van der Waals surface area contributed by atoms with Gasteiger partial charge in [-0.2, -0.15) is 0 Å². The summed E-state index contributed by atoms with van der Waals surface area (Å²) < 4.78 is 22.9. The van der Waals surface area contributed by atoms with Crippen LogP contribution in [0.5, 0.6) is 28.7 Å². The normalized spacial score (nSPS) is 15.4. The van der Waals surface area contributed by atoms with Crippen molar-refractivity contribution >= 4 is 5.97 Å². The molecule has 2 atom stereocenters. The van der Waals surface area contributed by atoms with Crippen molar-refractivity contribution in [3.05, 3.63) is 77.9 Å². The maximum Gasteiger partial charge on any atom is 0.339 e. The number of aromatic carboxylic acids is 1. The van der Waals surface area contributed by atoms with Crippen molar-refractivity contribution in [2.75, 3.05) is 26.8 Å². The Balaban J connectivity index is 1.29. The van der Waals surface area contributed by atoms with Crippen LogP contribution >= 0.6 is 0 Å². The average Bonchev–Trinajstić information content (AvgIpc) is 2.88. The van der Waals surface area contributed by atoms with E-state index in [4.69, 9.17) is 18.9 Å². The summed E-state index contributed by atoms with van der Waals surface area (Å²) >= 11 is 0. The number of rotatable bonds is 11. The lowest BCUT2D eigenvalue weighted by Crippen LogP contribution is -2.39. The summed E-state index contributed by atoms with van der Waals surface area (Å²) in [6, 6.07) is 19.6. The van der Waals surface area contributed by atoms with Gasteiger partial charge in [0.2, 0.25) is 0 Å². The van der Waals surface area contributed by atoms with Gasteiger partial charge in [0, 0.05) is 13.1 Å². The number of aryl methyl sites for hydroxylation is 1. The first-order valence-electron chi connectivity index (χ1n) is 11.5. The molecule has 3 aromatic carbocycles. The summed E-state index contributed by atoms with van der Waals surface area (Å²) in [7, 11) is 1.47. The average molecular weight is 480 g/mol. The monoisotopic (exact) mass is 479 g/mol. The molecule has 0 radical (unpaired) electrons. The summed E-state index contributed by atoms with van der Waals surface area (Å²) in [5, 5.41) is 22.9. The molecule has 4 rings (SSSR count). The summed E-state index contributed by atoms with van der Waals surface area (Å²) in [5.74, 6) is 1.43. The molecule has 3 N–H and O–H groups in total. The quantitative estimate of drug-likeness (QED) is 0.380. The molecule has 0 unspecified atom stereocenters. The summed E-state index contributed by atoms with van der Waals surface area (Å²) in [6.07, 6.45) is 0.937. The van der Waals surface area contributed by atoms with Crippen molar-refractivity contribution in [3.8, 4) is 28.7 Å². The Kier molecular flexibility index (Phi) is 8.07. The van der Waals surface area contributed by atoms with Gasteiger partial charge in [-0.15, -0.1) is 0 Å². The SMILES string of the molecule is COc1cccc(C(=O)O)c1Oc1ccc2c(c1)CC[C@H](CNC[C@H](O)COc1ccccc1)O2. The van der Waals surface area contributed by atoms with Crippen LogP contribution in [0.2, 0.25) is 0 Å². The standard InChI is InChI=1S/C27H29NO7/c1-32-25-9-5-8-23(27(30)31)26(25)35-21-12-13-24-18(14-21)10-11-22(34-24)16-28-15-19(29)17-33-20-6-3-2-4-7-20/h2-9,12-14,19,22,28-29H,10-11,15-17H2,1H3,(H,30,31)/t19-,22+/m0/s1. The predicted octanol–water partition coefficient (Wildman–Crippen LogP) is 3.91. The fourth-order valence-corrected chi connectivity index (χ4v) is 3.88. The molecule has 0 aliphatic carbocycles. The maximum absolute atomic E-state index is 11.6. The minimum Gasteiger partial charge on any atom is -0.493 e. The summed E-state index contributed by atoms with van der Waals surface area (Å²) in [6.45, 7) is 1.21. The van der Waals surface area contributed by atoms with Crippen molar-refractivity contribution in [2.24, 2.45) is 0 Å². The van der Waals surface area contributed by atoms with Gasteiger partial charge in [0.25, 0.3) is 0 Å². The molecular weight excluding hydrogens is 450 g/mol. The number of benzene rings is 3. The Morgan fingerprint density at radius 2 is 1.94 bits per heavy atom. The molecule has 35 heavy (non-hydrogen) atoms. The van der Waals surface area contributed by atoms with Crippen molar-refractivity contribution in [1.29, 1.82) is 0 Å². The van der Waals surface area contributed by atoms with E-state index in [1.165, 1.54) is 13.2 Å². The van der Waals surface area contributed by atoms with E-state index >= 15 is 0 Å². The number of carbonyl (C=O) groups is 1. The second-order valence-electron chi connectivity index (χ2n) is 8.23. The smallest absolute Gasteiger partial charge is 0.339 e. The summed E-state index contributed by atoms with van der Waals surface area (Å²) in [4.78, 5) is 11.6. The van der Waals surface area contributed by atoms with Crippen LogP contribution in [-0.2, 0) is 6.42 Å².